The van der Waals surface area contributed by atoms with Crippen molar-refractivity contribution in [3.8, 4) is 16.2 Å². The molecule has 1 aliphatic rings. The Labute approximate surface area is 158 Å². The van der Waals surface area contributed by atoms with Crippen LogP contribution >= 0.6 is 27.3 Å². The molecule has 0 saturated carbocycles. The van der Waals surface area contributed by atoms with E-state index in [2.05, 4.69) is 15.9 Å². The molecule has 3 aromatic rings. The van der Waals surface area contributed by atoms with Gasteiger partial charge < -0.3 is 5.11 Å². The smallest absolute Gasteiger partial charge is 0.264 e. The number of anilines is 1. The molecule has 7 heteroatoms. The Bertz CT molecular complexity index is 1060. The first-order chi connectivity index (χ1) is 11.9. The second kappa shape index (κ2) is 5.86. The minimum Gasteiger partial charge on any atom is -0.508 e. The van der Waals surface area contributed by atoms with Crippen molar-refractivity contribution in [1.29, 1.82) is 0 Å². The number of nitrogens with zero attached hydrogens (tertiary/aromatic N) is 1. The van der Waals surface area contributed by atoms with Crippen molar-refractivity contribution in [3.05, 3.63) is 63.9 Å². The lowest BCUT2D eigenvalue weighted by Crippen LogP contribution is -2.35. The molecule has 0 fully saturated rings. The summed E-state index contributed by atoms with van der Waals surface area (Å²) in [5.41, 5.74) is 2.72. The molecule has 0 amide bonds. The molecule has 1 N–H and O–H groups in total. The fourth-order valence-electron chi connectivity index (χ4n) is 3.18. The highest BCUT2D eigenvalue weighted by Gasteiger charge is 2.37. The number of benzene rings is 2. The van der Waals surface area contributed by atoms with Gasteiger partial charge in [0, 0.05) is 0 Å². The van der Waals surface area contributed by atoms with Crippen molar-refractivity contribution in [1.82, 2.24) is 0 Å². The van der Waals surface area contributed by atoms with Crippen molar-refractivity contribution in [2.45, 2.75) is 17.9 Å². The average molecular weight is 436 g/mol. The predicted octanol–water partition coefficient (Wildman–Crippen LogP) is 5.15. The quantitative estimate of drug-likeness (QED) is 0.604. The van der Waals surface area contributed by atoms with Gasteiger partial charge in [0.1, 0.15) is 5.75 Å². The number of aromatic hydroxyl groups is 1. The molecule has 1 aliphatic heterocycles. The average Bonchev–Trinajstić information content (AvgIpc) is 2.96. The molecule has 2 aromatic carbocycles. The van der Waals surface area contributed by atoms with E-state index in [1.165, 1.54) is 39.9 Å². The van der Waals surface area contributed by atoms with Crippen molar-refractivity contribution in [2.75, 3.05) is 4.31 Å². The molecular formula is C18H14BrNO3S2. The molecule has 4 nitrogen and oxygen atoms in total. The van der Waals surface area contributed by atoms with Crippen molar-refractivity contribution >= 4 is 43.0 Å². The third kappa shape index (κ3) is 2.58. The normalized spacial score (nSPS) is 16.4. The van der Waals surface area contributed by atoms with Crippen LogP contribution < -0.4 is 4.31 Å². The van der Waals surface area contributed by atoms with Gasteiger partial charge in [0.2, 0.25) is 0 Å². The maximum Gasteiger partial charge on any atom is 0.264 e. The Hall–Kier alpha value is -1.83. The van der Waals surface area contributed by atoms with Gasteiger partial charge in [0.05, 0.1) is 25.3 Å². The largest absolute Gasteiger partial charge is 0.508 e. The highest BCUT2D eigenvalue weighted by molar-refractivity contribution is 9.11. The third-order valence-electron chi connectivity index (χ3n) is 4.32. The molecule has 0 saturated heterocycles. The topological polar surface area (TPSA) is 57.6 Å². The summed E-state index contributed by atoms with van der Waals surface area (Å²) in [6, 6.07) is 15.0. The summed E-state index contributed by atoms with van der Waals surface area (Å²) >= 11 is 5.01. The van der Waals surface area contributed by atoms with Crippen LogP contribution in [0.4, 0.5) is 5.69 Å². The van der Waals surface area contributed by atoms with E-state index in [9.17, 15) is 13.5 Å². The van der Waals surface area contributed by atoms with Crippen LogP contribution in [0.25, 0.3) is 10.4 Å². The molecule has 0 radical (unpaired) electrons. The number of phenolic OH excluding ortho intramolecular Hbond substituents is 1. The van der Waals surface area contributed by atoms with E-state index >= 15 is 0 Å². The SMILES string of the molecule is CC1c2ccccc2-c2sc(Br)cc2N1S(=O)(=O)c1ccc(O)cc1. The molecule has 0 aliphatic carbocycles. The monoisotopic (exact) mass is 435 g/mol. The van der Waals surface area contributed by atoms with Gasteiger partial charge >= 0.3 is 0 Å². The zero-order valence-electron chi connectivity index (χ0n) is 13.2. The van der Waals surface area contributed by atoms with E-state index < -0.39 is 10.0 Å². The Morgan fingerprint density at radius 1 is 1.12 bits per heavy atom. The van der Waals surface area contributed by atoms with Gasteiger partial charge in [-0.3, -0.25) is 4.31 Å². The van der Waals surface area contributed by atoms with Gasteiger partial charge in [-0.1, -0.05) is 24.3 Å². The third-order valence-corrected chi connectivity index (χ3v) is 7.88. The second-order valence-corrected chi connectivity index (χ2v) is 10.1. The van der Waals surface area contributed by atoms with Gasteiger partial charge in [-0.15, -0.1) is 11.3 Å². The lowest BCUT2D eigenvalue weighted by molar-refractivity contribution is 0.474. The van der Waals surface area contributed by atoms with Crippen LogP contribution in [0.15, 0.2) is 63.3 Å². The van der Waals surface area contributed by atoms with Crippen LogP contribution in [0.3, 0.4) is 0 Å². The molecule has 25 heavy (non-hydrogen) atoms. The minimum atomic E-state index is -3.76. The maximum absolute atomic E-state index is 13.3. The van der Waals surface area contributed by atoms with E-state index in [4.69, 9.17) is 0 Å². The molecule has 0 bridgehead atoms. The van der Waals surface area contributed by atoms with Gasteiger partial charge in [0.25, 0.3) is 10.0 Å². The summed E-state index contributed by atoms with van der Waals surface area (Å²) in [6.07, 6.45) is 0. The molecule has 4 rings (SSSR count). The van der Waals surface area contributed by atoms with Gasteiger partial charge in [-0.25, -0.2) is 8.42 Å². The van der Waals surface area contributed by atoms with E-state index in [-0.39, 0.29) is 16.7 Å². The number of hydrogen-bond donors (Lipinski definition) is 1. The first-order valence-electron chi connectivity index (χ1n) is 7.61. The lowest BCUT2D eigenvalue weighted by Gasteiger charge is -2.35. The first kappa shape index (κ1) is 16.6. The molecule has 1 unspecified atom stereocenters. The van der Waals surface area contributed by atoms with Crippen LogP contribution in [0, 0.1) is 0 Å². The molecule has 1 aromatic heterocycles. The highest BCUT2D eigenvalue weighted by atomic mass is 79.9. The first-order valence-corrected chi connectivity index (χ1v) is 10.7. The van der Waals surface area contributed by atoms with E-state index in [0.29, 0.717) is 5.69 Å². The molecule has 0 spiro atoms. The summed E-state index contributed by atoms with van der Waals surface area (Å²) in [6.45, 7) is 1.89. The number of phenols is 1. The van der Waals surface area contributed by atoms with E-state index in [1.54, 1.807) is 0 Å². The van der Waals surface area contributed by atoms with Gasteiger partial charge in [0.15, 0.2) is 0 Å². The van der Waals surface area contributed by atoms with Crippen molar-refractivity contribution < 1.29 is 13.5 Å². The fourth-order valence-corrected chi connectivity index (χ4v) is 6.50. The molecular weight excluding hydrogens is 422 g/mol. The summed E-state index contributed by atoms with van der Waals surface area (Å²) in [7, 11) is -3.76. The van der Waals surface area contributed by atoms with Gasteiger partial charge in [-0.2, -0.15) is 0 Å². The molecule has 1 atom stereocenters. The maximum atomic E-state index is 13.3. The summed E-state index contributed by atoms with van der Waals surface area (Å²) < 4.78 is 29.0. The number of rotatable bonds is 2. The van der Waals surface area contributed by atoms with E-state index in [1.807, 2.05) is 37.3 Å². The summed E-state index contributed by atoms with van der Waals surface area (Å²) in [5, 5.41) is 9.46. The van der Waals surface area contributed by atoms with Crippen LogP contribution in [-0.4, -0.2) is 13.5 Å². The van der Waals surface area contributed by atoms with E-state index in [0.717, 1.165) is 19.8 Å². The van der Waals surface area contributed by atoms with Crippen LogP contribution in [0.5, 0.6) is 5.75 Å². The second-order valence-electron chi connectivity index (χ2n) is 5.82. The van der Waals surface area contributed by atoms with Gasteiger partial charge in [-0.05, 0) is 64.3 Å². The summed E-state index contributed by atoms with van der Waals surface area (Å²) in [4.78, 5) is 1.09. The van der Waals surface area contributed by atoms with Crippen molar-refractivity contribution in [3.63, 3.8) is 0 Å². The molecule has 2 heterocycles. The van der Waals surface area contributed by atoms with Crippen molar-refractivity contribution in [2.24, 2.45) is 0 Å². The zero-order chi connectivity index (χ0) is 17.8. The minimum absolute atomic E-state index is 0.0370. The fraction of sp³-hybridized carbons (Fsp3) is 0.111. The lowest BCUT2D eigenvalue weighted by atomic mass is 9.96. The Balaban J connectivity index is 1.95. The van der Waals surface area contributed by atoms with Crippen LogP contribution in [-0.2, 0) is 10.0 Å². The number of hydrogen-bond acceptors (Lipinski definition) is 4. The standard InChI is InChI=1S/C18H14BrNO3S2/c1-11-14-4-2-3-5-15(14)18-16(10-17(19)24-18)20(11)25(22,23)13-8-6-12(21)7-9-13/h2-11,21H,1H3. The number of halogens is 1. The number of sulfonamides is 1. The number of thiophene rings is 1. The predicted molar refractivity (Wildman–Crippen MR) is 104 cm³/mol. The molecule has 128 valence electrons. The number of fused-ring (bicyclic) bond motifs is 3. The Kier molecular flexibility index (Phi) is 3.90. The summed E-state index contributed by atoms with van der Waals surface area (Å²) in [5.74, 6) is 0.0370. The Morgan fingerprint density at radius 3 is 2.52 bits per heavy atom. The zero-order valence-corrected chi connectivity index (χ0v) is 16.4. The Morgan fingerprint density at radius 2 is 1.80 bits per heavy atom. The van der Waals surface area contributed by atoms with Crippen LogP contribution in [0.1, 0.15) is 18.5 Å². The van der Waals surface area contributed by atoms with Crippen LogP contribution in [0.2, 0.25) is 0 Å². The highest BCUT2D eigenvalue weighted by Crippen LogP contribution is 2.51.